The van der Waals surface area contributed by atoms with Gasteiger partial charge in [-0.1, -0.05) is 31.2 Å². The Labute approximate surface area is 165 Å². The Hall–Kier alpha value is -2.89. The largest absolute Gasteiger partial charge is 0.483 e. The van der Waals surface area contributed by atoms with Gasteiger partial charge >= 0.3 is 0 Å². The van der Waals surface area contributed by atoms with Gasteiger partial charge in [0.15, 0.2) is 6.61 Å². The van der Waals surface area contributed by atoms with Gasteiger partial charge in [0.05, 0.1) is 0 Å². The maximum absolute atomic E-state index is 13.2. The molecular weight excluding hydrogens is 359 g/mol. The average molecular weight is 386 g/mol. The van der Waals surface area contributed by atoms with E-state index in [0.29, 0.717) is 12.2 Å². The Morgan fingerprint density at radius 1 is 1.14 bits per heavy atom. The molecule has 1 unspecified atom stereocenters. The van der Waals surface area contributed by atoms with Gasteiger partial charge in [0.25, 0.3) is 5.91 Å². The van der Waals surface area contributed by atoms with Crippen LogP contribution in [0.5, 0.6) is 5.75 Å². The number of amides is 2. The Morgan fingerprint density at radius 3 is 2.43 bits per heavy atom. The lowest BCUT2D eigenvalue weighted by Crippen LogP contribution is -2.49. The van der Waals surface area contributed by atoms with E-state index in [1.54, 1.807) is 12.1 Å². The van der Waals surface area contributed by atoms with Crippen LogP contribution in [0.2, 0.25) is 0 Å². The second-order valence-corrected chi connectivity index (χ2v) is 6.67. The monoisotopic (exact) mass is 386 g/mol. The first-order chi connectivity index (χ1) is 13.4. The second-order valence-electron chi connectivity index (χ2n) is 6.67. The van der Waals surface area contributed by atoms with Gasteiger partial charge in [-0.05, 0) is 55.2 Å². The van der Waals surface area contributed by atoms with Crippen molar-refractivity contribution in [2.75, 3.05) is 13.7 Å². The van der Waals surface area contributed by atoms with E-state index in [1.807, 2.05) is 39.0 Å². The van der Waals surface area contributed by atoms with E-state index in [2.05, 4.69) is 5.32 Å². The van der Waals surface area contributed by atoms with Crippen molar-refractivity contribution in [3.8, 4) is 5.75 Å². The molecule has 0 aliphatic heterocycles. The highest BCUT2D eigenvalue weighted by molar-refractivity contribution is 5.88. The van der Waals surface area contributed by atoms with Crippen molar-refractivity contribution in [1.29, 1.82) is 0 Å². The average Bonchev–Trinajstić information content (AvgIpc) is 2.69. The molecule has 0 heterocycles. The van der Waals surface area contributed by atoms with Gasteiger partial charge in [-0.3, -0.25) is 9.59 Å². The summed E-state index contributed by atoms with van der Waals surface area (Å²) in [5.74, 6) is -0.258. The predicted octanol–water partition coefficient (Wildman–Crippen LogP) is 3.37. The van der Waals surface area contributed by atoms with Gasteiger partial charge < -0.3 is 15.0 Å². The van der Waals surface area contributed by atoms with Crippen LogP contribution in [0.1, 0.15) is 30.0 Å². The van der Waals surface area contributed by atoms with E-state index in [-0.39, 0.29) is 30.8 Å². The number of likely N-dealkylation sites (N-methyl/N-ethyl adjacent to an activating group) is 1. The minimum atomic E-state index is -0.634. The van der Waals surface area contributed by atoms with Crippen LogP contribution in [0.15, 0.2) is 42.5 Å². The summed E-state index contributed by atoms with van der Waals surface area (Å²) < 4.78 is 18.9. The first-order valence-electron chi connectivity index (χ1n) is 9.31. The molecule has 0 spiro atoms. The molecule has 28 heavy (non-hydrogen) atoms. The number of nitrogens with one attached hydrogen (secondary N) is 1. The standard InChI is InChI=1S/C22H27FN2O3/c1-5-19(22(27)24-4)25(13-17-9-11-18(23)12-10-17)21(26)14-28-20-8-6-7-15(2)16(20)3/h6-12,19H,5,13-14H2,1-4H3,(H,24,27). The number of carbonyl (C=O) groups is 2. The lowest BCUT2D eigenvalue weighted by Gasteiger charge is -2.30. The highest BCUT2D eigenvalue weighted by Gasteiger charge is 2.28. The van der Waals surface area contributed by atoms with Gasteiger partial charge in [-0.2, -0.15) is 0 Å². The summed E-state index contributed by atoms with van der Waals surface area (Å²) in [6, 6.07) is 10.9. The van der Waals surface area contributed by atoms with E-state index in [1.165, 1.54) is 24.1 Å². The normalized spacial score (nSPS) is 11.6. The molecule has 0 radical (unpaired) electrons. The number of nitrogens with zero attached hydrogens (tertiary/aromatic N) is 1. The van der Waals surface area contributed by atoms with Crippen LogP contribution in [0.4, 0.5) is 4.39 Å². The zero-order valence-electron chi connectivity index (χ0n) is 16.8. The summed E-state index contributed by atoms with van der Waals surface area (Å²) in [7, 11) is 1.54. The number of halogens is 1. The molecule has 0 aliphatic carbocycles. The van der Waals surface area contributed by atoms with Crippen LogP contribution in [0, 0.1) is 19.7 Å². The molecular formula is C22H27FN2O3. The molecule has 1 atom stereocenters. The van der Waals surface area contributed by atoms with Crippen molar-refractivity contribution in [2.24, 2.45) is 0 Å². The molecule has 150 valence electrons. The van der Waals surface area contributed by atoms with Crippen LogP contribution < -0.4 is 10.1 Å². The SMILES string of the molecule is CCC(C(=O)NC)N(Cc1ccc(F)cc1)C(=O)COc1cccc(C)c1C. The van der Waals surface area contributed by atoms with Crippen molar-refractivity contribution < 1.29 is 18.7 Å². The highest BCUT2D eigenvalue weighted by Crippen LogP contribution is 2.21. The molecule has 2 aromatic carbocycles. The van der Waals surface area contributed by atoms with Crippen molar-refractivity contribution in [3.05, 3.63) is 65.0 Å². The molecule has 0 saturated carbocycles. The van der Waals surface area contributed by atoms with Gasteiger partial charge in [0.2, 0.25) is 5.91 Å². The Balaban J connectivity index is 2.21. The molecule has 0 bridgehead atoms. The zero-order chi connectivity index (χ0) is 20.7. The van der Waals surface area contributed by atoms with Crippen LogP contribution in [0.25, 0.3) is 0 Å². The highest BCUT2D eigenvalue weighted by atomic mass is 19.1. The molecule has 0 aliphatic rings. The fourth-order valence-electron chi connectivity index (χ4n) is 2.98. The predicted molar refractivity (Wildman–Crippen MR) is 107 cm³/mol. The van der Waals surface area contributed by atoms with E-state index in [9.17, 15) is 14.0 Å². The molecule has 6 heteroatoms. The quantitative estimate of drug-likeness (QED) is 0.757. The van der Waals surface area contributed by atoms with E-state index in [4.69, 9.17) is 4.74 Å². The number of ether oxygens (including phenoxy) is 1. The maximum atomic E-state index is 13.2. The first-order valence-corrected chi connectivity index (χ1v) is 9.31. The van der Waals surface area contributed by atoms with E-state index in [0.717, 1.165) is 16.7 Å². The molecule has 5 nitrogen and oxygen atoms in total. The summed E-state index contributed by atoms with van der Waals surface area (Å²) >= 11 is 0. The topological polar surface area (TPSA) is 58.6 Å². The van der Waals surface area contributed by atoms with Crippen LogP contribution in [0.3, 0.4) is 0 Å². The fraction of sp³-hybridized carbons (Fsp3) is 0.364. The third kappa shape index (κ3) is 5.31. The first kappa shape index (κ1) is 21.4. The van der Waals surface area contributed by atoms with Gasteiger partial charge in [-0.25, -0.2) is 4.39 Å². The number of carbonyl (C=O) groups excluding carboxylic acids is 2. The minimum absolute atomic E-state index is 0.182. The van der Waals surface area contributed by atoms with Crippen molar-refractivity contribution >= 4 is 11.8 Å². The second kappa shape index (κ2) is 9.88. The van der Waals surface area contributed by atoms with Crippen LogP contribution in [-0.2, 0) is 16.1 Å². The number of hydrogen-bond acceptors (Lipinski definition) is 3. The maximum Gasteiger partial charge on any atom is 0.261 e. The van der Waals surface area contributed by atoms with E-state index >= 15 is 0 Å². The zero-order valence-corrected chi connectivity index (χ0v) is 16.8. The minimum Gasteiger partial charge on any atom is -0.483 e. The summed E-state index contributed by atoms with van der Waals surface area (Å²) in [6.45, 7) is 5.77. The summed E-state index contributed by atoms with van der Waals surface area (Å²) in [4.78, 5) is 26.7. The van der Waals surface area contributed by atoms with Gasteiger partial charge in [0.1, 0.15) is 17.6 Å². The molecule has 2 aromatic rings. The number of hydrogen-bond donors (Lipinski definition) is 1. The third-order valence-corrected chi connectivity index (χ3v) is 4.80. The van der Waals surface area contributed by atoms with Crippen molar-refractivity contribution in [1.82, 2.24) is 10.2 Å². The van der Waals surface area contributed by atoms with Crippen LogP contribution in [-0.4, -0.2) is 36.4 Å². The fourth-order valence-corrected chi connectivity index (χ4v) is 2.98. The van der Waals surface area contributed by atoms with Crippen molar-refractivity contribution in [2.45, 2.75) is 39.8 Å². The van der Waals surface area contributed by atoms with Crippen molar-refractivity contribution in [3.63, 3.8) is 0 Å². The molecule has 2 rings (SSSR count). The lowest BCUT2D eigenvalue weighted by atomic mass is 10.1. The van der Waals surface area contributed by atoms with Gasteiger partial charge in [0, 0.05) is 13.6 Å². The lowest BCUT2D eigenvalue weighted by molar-refractivity contribution is -0.142. The number of rotatable bonds is 8. The van der Waals surface area contributed by atoms with Gasteiger partial charge in [-0.15, -0.1) is 0 Å². The number of benzene rings is 2. The number of aryl methyl sites for hydroxylation is 1. The molecule has 0 fully saturated rings. The Kier molecular flexibility index (Phi) is 7.55. The summed E-state index contributed by atoms with van der Waals surface area (Å²) in [6.07, 6.45) is 0.454. The molecule has 0 saturated heterocycles. The summed E-state index contributed by atoms with van der Waals surface area (Å²) in [5.41, 5.74) is 2.78. The molecule has 1 N–H and O–H groups in total. The summed E-state index contributed by atoms with van der Waals surface area (Å²) in [5, 5.41) is 2.60. The molecule has 2 amide bonds. The Bertz CT molecular complexity index is 821. The molecule has 0 aromatic heterocycles. The Morgan fingerprint density at radius 2 is 1.82 bits per heavy atom. The van der Waals surface area contributed by atoms with E-state index < -0.39 is 6.04 Å². The van der Waals surface area contributed by atoms with Crippen LogP contribution >= 0.6 is 0 Å². The smallest absolute Gasteiger partial charge is 0.261 e. The third-order valence-electron chi connectivity index (χ3n) is 4.80.